The van der Waals surface area contributed by atoms with Gasteiger partial charge in [0.25, 0.3) is 0 Å². The number of para-hydroxylation sites is 1. The van der Waals surface area contributed by atoms with Gasteiger partial charge in [-0.05, 0) is 48.9 Å². The third kappa shape index (κ3) is 3.55. The molecule has 0 saturated carbocycles. The number of ether oxygens (including phenoxy) is 1. The zero-order valence-electron chi connectivity index (χ0n) is 14.7. The maximum absolute atomic E-state index is 11.3. The monoisotopic (exact) mass is 369 g/mol. The van der Waals surface area contributed by atoms with Gasteiger partial charge in [-0.1, -0.05) is 24.3 Å². The minimum absolute atomic E-state index is 0.215. The highest BCUT2D eigenvalue weighted by molar-refractivity contribution is 7.11. The first-order valence-electron chi connectivity index (χ1n) is 9.16. The number of carbonyl (C=O) groups is 1. The van der Waals surface area contributed by atoms with Gasteiger partial charge in [0.15, 0.2) is 0 Å². The number of hydrogen-bond donors (Lipinski definition) is 1. The minimum atomic E-state index is -0.661. The van der Waals surface area contributed by atoms with Crippen molar-refractivity contribution in [3.8, 4) is 5.75 Å². The fourth-order valence-corrected chi connectivity index (χ4v) is 4.80. The lowest BCUT2D eigenvalue weighted by Gasteiger charge is -2.30. The van der Waals surface area contributed by atoms with Gasteiger partial charge in [-0.3, -0.25) is 4.79 Å². The molecule has 26 heavy (non-hydrogen) atoms. The van der Waals surface area contributed by atoms with Crippen molar-refractivity contribution in [3.05, 3.63) is 57.8 Å². The number of benzene rings is 1. The van der Waals surface area contributed by atoms with Crippen molar-refractivity contribution in [2.75, 3.05) is 19.6 Å². The number of rotatable bonds is 4. The molecule has 1 fully saturated rings. The van der Waals surface area contributed by atoms with Gasteiger partial charge in [0.1, 0.15) is 12.4 Å². The quantitative estimate of drug-likeness (QED) is 0.875. The van der Waals surface area contributed by atoms with E-state index in [0.29, 0.717) is 13.2 Å². The first-order valence-corrected chi connectivity index (χ1v) is 10.0. The fourth-order valence-electron chi connectivity index (χ4n) is 3.83. The Morgan fingerprint density at radius 3 is 3.12 bits per heavy atom. The van der Waals surface area contributed by atoms with Crippen LogP contribution in [0, 0.1) is 5.92 Å². The van der Waals surface area contributed by atoms with Crippen molar-refractivity contribution in [2.24, 2.45) is 5.92 Å². The maximum Gasteiger partial charge on any atom is 0.307 e. The van der Waals surface area contributed by atoms with Crippen LogP contribution in [0.2, 0.25) is 0 Å². The third-order valence-electron chi connectivity index (χ3n) is 5.20. The molecule has 0 amide bonds. The summed E-state index contributed by atoms with van der Waals surface area (Å²) in [5.74, 6) is 0.0597. The van der Waals surface area contributed by atoms with E-state index in [1.807, 2.05) is 12.1 Å². The van der Waals surface area contributed by atoms with Crippen molar-refractivity contribution in [2.45, 2.75) is 25.9 Å². The molecule has 4 nitrogen and oxygen atoms in total. The van der Waals surface area contributed by atoms with Gasteiger partial charge in [0.05, 0.1) is 5.92 Å². The number of piperidine rings is 1. The van der Waals surface area contributed by atoms with Crippen molar-refractivity contribution >= 4 is 22.9 Å². The van der Waals surface area contributed by atoms with Gasteiger partial charge in [-0.2, -0.15) is 0 Å². The topological polar surface area (TPSA) is 49.8 Å². The molecule has 2 aliphatic heterocycles. The first kappa shape index (κ1) is 17.3. The van der Waals surface area contributed by atoms with Gasteiger partial charge in [-0.25, -0.2) is 0 Å². The second-order valence-corrected chi connectivity index (χ2v) is 7.86. The standard InChI is InChI=1S/C21H23NO3S/c23-21(24)15-5-3-10-22(13-15)11-4-7-18-17-6-1-2-8-19(17)25-14-16-9-12-26-20(16)18/h1-2,6-9,12,15H,3-5,10-11,13-14H2,(H,23,24)/t15-/m1/s1. The lowest BCUT2D eigenvalue weighted by Crippen LogP contribution is -2.39. The van der Waals surface area contributed by atoms with E-state index < -0.39 is 5.97 Å². The molecule has 2 aromatic rings. The van der Waals surface area contributed by atoms with Crippen molar-refractivity contribution in [3.63, 3.8) is 0 Å². The molecule has 3 heterocycles. The van der Waals surface area contributed by atoms with Crippen LogP contribution in [-0.4, -0.2) is 35.6 Å². The molecule has 1 saturated heterocycles. The highest BCUT2D eigenvalue weighted by atomic mass is 32.1. The molecule has 0 radical (unpaired) electrons. The van der Waals surface area contributed by atoms with Crippen LogP contribution in [-0.2, 0) is 11.4 Å². The first-order chi connectivity index (χ1) is 12.7. The van der Waals surface area contributed by atoms with Gasteiger partial charge in [-0.15, -0.1) is 11.3 Å². The van der Waals surface area contributed by atoms with Crippen LogP contribution in [0.4, 0.5) is 0 Å². The lowest BCUT2D eigenvalue weighted by atomic mass is 9.97. The summed E-state index contributed by atoms with van der Waals surface area (Å²) in [6, 6.07) is 10.4. The van der Waals surface area contributed by atoms with Crippen LogP contribution in [0.5, 0.6) is 5.75 Å². The summed E-state index contributed by atoms with van der Waals surface area (Å²) in [6.07, 6.45) is 4.98. The Kier molecular flexibility index (Phi) is 5.09. The molecule has 4 rings (SSSR count). The van der Waals surface area contributed by atoms with Crippen molar-refractivity contribution < 1.29 is 14.6 Å². The van der Waals surface area contributed by atoms with Crippen LogP contribution in [0.25, 0.3) is 5.57 Å². The molecule has 0 aliphatic carbocycles. The second-order valence-electron chi connectivity index (χ2n) is 6.94. The summed E-state index contributed by atoms with van der Waals surface area (Å²) in [7, 11) is 0. The highest BCUT2D eigenvalue weighted by Gasteiger charge is 2.25. The van der Waals surface area contributed by atoms with Crippen LogP contribution in [0.15, 0.2) is 41.8 Å². The number of thiophene rings is 1. The molecule has 2 aliphatic rings. The number of likely N-dealkylation sites (tertiary alicyclic amines) is 1. The molecule has 1 aromatic carbocycles. The summed E-state index contributed by atoms with van der Waals surface area (Å²) in [5, 5.41) is 11.4. The Morgan fingerprint density at radius 1 is 1.35 bits per heavy atom. The maximum atomic E-state index is 11.3. The molecular weight excluding hydrogens is 346 g/mol. The predicted octanol–water partition coefficient (Wildman–Crippen LogP) is 4.26. The normalized spacial score (nSPS) is 21.5. The molecule has 1 atom stereocenters. The second kappa shape index (κ2) is 7.64. The van der Waals surface area contributed by atoms with E-state index in [-0.39, 0.29) is 5.92 Å². The van der Waals surface area contributed by atoms with E-state index in [1.165, 1.54) is 16.0 Å². The average Bonchev–Trinajstić information content (AvgIpc) is 3.07. The Labute approximate surface area is 157 Å². The number of carboxylic acids is 1. The molecule has 136 valence electrons. The molecule has 5 heteroatoms. The third-order valence-corrected chi connectivity index (χ3v) is 6.19. The summed E-state index contributed by atoms with van der Waals surface area (Å²) < 4.78 is 5.99. The molecule has 1 aromatic heterocycles. The Hall–Kier alpha value is -2.11. The summed E-state index contributed by atoms with van der Waals surface area (Å²) in [6.45, 7) is 3.18. The van der Waals surface area contributed by atoms with Gasteiger partial charge in [0, 0.05) is 29.1 Å². The largest absolute Gasteiger partial charge is 0.488 e. The minimum Gasteiger partial charge on any atom is -0.488 e. The van der Waals surface area contributed by atoms with Gasteiger partial charge < -0.3 is 14.7 Å². The van der Waals surface area contributed by atoms with Gasteiger partial charge >= 0.3 is 5.97 Å². The van der Waals surface area contributed by atoms with Gasteiger partial charge in [0.2, 0.25) is 0 Å². The Morgan fingerprint density at radius 2 is 2.23 bits per heavy atom. The van der Waals surface area contributed by atoms with E-state index >= 15 is 0 Å². The Balaban J connectivity index is 1.53. The summed E-state index contributed by atoms with van der Waals surface area (Å²) in [4.78, 5) is 14.8. The molecule has 1 N–H and O–H groups in total. The number of hydrogen-bond acceptors (Lipinski definition) is 4. The number of fused-ring (bicyclic) bond motifs is 2. The summed E-state index contributed by atoms with van der Waals surface area (Å²) >= 11 is 1.76. The van der Waals surface area contributed by atoms with E-state index in [1.54, 1.807) is 11.3 Å². The number of carboxylic acid groups (broad SMARTS) is 1. The summed E-state index contributed by atoms with van der Waals surface area (Å²) in [5.41, 5.74) is 3.63. The van der Waals surface area contributed by atoms with Crippen LogP contribution in [0.3, 0.4) is 0 Å². The van der Waals surface area contributed by atoms with E-state index in [4.69, 9.17) is 4.74 Å². The SMILES string of the molecule is O=C(O)[C@@H]1CCCN(CCC=C2c3ccccc3OCc3ccsc32)C1. The Bertz CT molecular complexity index is 826. The molecule has 0 unspecified atom stereocenters. The predicted molar refractivity (Wildman–Crippen MR) is 104 cm³/mol. The van der Waals surface area contributed by atoms with E-state index in [2.05, 4.69) is 34.6 Å². The highest BCUT2D eigenvalue weighted by Crippen LogP contribution is 2.39. The lowest BCUT2D eigenvalue weighted by molar-refractivity contribution is -0.143. The van der Waals surface area contributed by atoms with E-state index in [0.717, 1.165) is 43.7 Å². The van der Waals surface area contributed by atoms with E-state index in [9.17, 15) is 9.90 Å². The number of aliphatic carboxylic acids is 1. The van der Waals surface area contributed by atoms with Crippen LogP contribution in [0.1, 0.15) is 35.3 Å². The zero-order chi connectivity index (χ0) is 17.9. The average molecular weight is 369 g/mol. The molecular formula is C21H23NO3S. The number of nitrogens with zero attached hydrogens (tertiary/aromatic N) is 1. The van der Waals surface area contributed by atoms with Crippen molar-refractivity contribution in [1.29, 1.82) is 0 Å². The molecule has 0 spiro atoms. The molecule has 0 bridgehead atoms. The fraction of sp³-hybridized carbons (Fsp3) is 0.381. The smallest absolute Gasteiger partial charge is 0.307 e. The van der Waals surface area contributed by atoms with Crippen LogP contribution >= 0.6 is 11.3 Å². The van der Waals surface area contributed by atoms with Crippen LogP contribution < -0.4 is 4.74 Å². The van der Waals surface area contributed by atoms with Crippen molar-refractivity contribution in [1.82, 2.24) is 4.90 Å². The zero-order valence-corrected chi connectivity index (χ0v) is 15.5.